The minimum Gasteiger partial charge on any atom is -0.481 e. The van der Waals surface area contributed by atoms with Crippen LogP contribution in [0.5, 0.6) is 0 Å². The molecule has 0 aromatic carbocycles. The standard InChI is InChI=1S/C15H23NO3/c1-4-9-16(10-7-5-6-8-10)13(17)11-12(14(18)19)15(11,2)3/h4,10-12H,1,5-9H2,2-3H3,(H,18,19). The van der Waals surface area contributed by atoms with E-state index in [2.05, 4.69) is 6.58 Å². The van der Waals surface area contributed by atoms with Gasteiger partial charge in [-0.2, -0.15) is 0 Å². The lowest BCUT2D eigenvalue weighted by Gasteiger charge is -2.28. The molecule has 2 aliphatic carbocycles. The van der Waals surface area contributed by atoms with Crippen LogP contribution in [0.15, 0.2) is 12.7 Å². The number of carbonyl (C=O) groups is 2. The Hall–Kier alpha value is -1.32. The van der Waals surface area contributed by atoms with Gasteiger partial charge in [0, 0.05) is 12.6 Å². The molecule has 0 aromatic heterocycles. The molecule has 0 heterocycles. The van der Waals surface area contributed by atoms with Crippen molar-refractivity contribution in [2.45, 2.75) is 45.6 Å². The van der Waals surface area contributed by atoms with Crippen molar-refractivity contribution < 1.29 is 14.7 Å². The summed E-state index contributed by atoms with van der Waals surface area (Å²) >= 11 is 0. The van der Waals surface area contributed by atoms with E-state index in [1.165, 1.54) is 0 Å². The van der Waals surface area contributed by atoms with E-state index < -0.39 is 17.3 Å². The average molecular weight is 265 g/mol. The van der Waals surface area contributed by atoms with Crippen LogP contribution in [0.3, 0.4) is 0 Å². The summed E-state index contributed by atoms with van der Waals surface area (Å²) in [6, 6.07) is 0.274. The second-order valence-corrected chi connectivity index (χ2v) is 6.33. The molecule has 0 spiro atoms. The number of hydrogen-bond acceptors (Lipinski definition) is 2. The Morgan fingerprint density at radius 3 is 2.32 bits per heavy atom. The topological polar surface area (TPSA) is 57.6 Å². The van der Waals surface area contributed by atoms with E-state index in [-0.39, 0.29) is 17.9 Å². The van der Waals surface area contributed by atoms with Gasteiger partial charge >= 0.3 is 5.97 Å². The number of carbonyl (C=O) groups excluding carboxylic acids is 1. The Balaban J connectivity index is 2.12. The zero-order chi connectivity index (χ0) is 14.2. The van der Waals surface area contributed by atoms with Crippen LogP contribution in [-0.2, 0) is 9.59 Å². The van der Waals surface area contributed by atoms with E-state index in [0.29, 0.717) is 6.54 Å². The summed E-state index contributed by atoms with van der Waals surface area (Å²) in [6.07, 6.45) is 6.11. The van der Waals surface area contributed by atoms with Gasteiger partial charge in [0.15, 0.2) is 0 Å². The van der Waals surface area contributed by atoms with Crippen LogP contribution in [0.2, 0.25) is 0 Å². The highest BCUT2D eigenvalue weighted by Gasteiger charge is 2.66. The fourth-order valence-corrected chi connectivity index (χ4v) is 3.51. The molecule has 4 nitrogen and oxygen atoms in total. The van der Waals surface area contributed by atoms with Gasteiger partial charge in [-0.1, -0.05) is 32.8 Å². The lowest BCUT2D eigenvalue weighted by Crippen LogP contribution is -2.41. The van der Waals surface area contributed by atoms with Crippen LogP contribution >= 0.6 is 0 Å². The Morgan fingerprint density at radius 2 is 1.89 bits per heavy atom. The molecule has 2 fully saturated rings. The molecule has 0 saturated heterocycles. The third kappa shape index (κ3) is 2.40. The van der Waals surface area contributed by atoms with Crippen molar-refractivity contribution in [3.8, 4) is 0 Å². The molecule has 0 bridgehead atoms. The molecule has 106 valence electrons. The molecule has 2 saturated carbocycles. The van der Waals surface area contributed by atoms with Gasteiger partial charge in [0.25, 0.3) is 0 Å². The summed E-state index contributed by atoms with van der Waals surface area (Å²) in [5.74, 6) is -1.75. The minimum atomic E-state index is -0.853. The molecule has 4 heteroatoms. The summed E-state index contributed by atoms with van der Waals surface area (Å²) in [5.41, 5.74) is -0.416. The fraction of sp³-hybridized carbons (Fsp3) is 0.733. The molecule has 0 aromatic rings. The Morgan fingerprint density at radius 1 is 1.32 bits per heavy atom. The first-order chi connectivity index (χ1) is 8.91. The van der Waals surface area contributed by atoms with Gasteiger partial charge < -0.3 is 10.0 Å². The molecule has 2 atom stereocenters. The predicted molar refractivity (Wildman–Crippen MR) is 72.6 cm³/mol. The Labute approximate surface area is 114 Å². The first kappa shape index (κ1) is 14.1. The summed E-state index contributed by atoms with van der Waals surface area (Å²) in [5, 5.41) is 9.19. The van der Waals surface area contributed by atoms with Crippen molar-refractivity contribution in [2.75, 3.05) is 6.54 Å². The second-order valence-electron chi connectivity index (χ2n) is 6.33. The molecule has 1 N–H and O–H groups in total. The molecule has 0 aliphatic heterocycles. The molecule has 19 heavy (non-hydrogen) atoms. The number of rotatable bonds is 5. The molecular formula is C15H23NO3. The van der Waals surface area contributed by atoms with Gasteiger partial charge in [-0.25, -0.2) is 0 Å². The summed E-state index contributed by atoms with van der Waals surface area (Å²) < 4.78 is 0. The number of nitrogens with zero attached hydrogens (tertiary/aromatic N) is 1. The van der Waals surface area contributed by atoms with E-state index in [1.54, 1.807) is 6.08 Å². The van der Waals surface area contributed by atoms with Crippen molar-refractivity contribution >= 4 is 11.9 Å². The molecule has 2 unspecified atom stereocenters. The van der Waals surface area contributed by atoms with Crippen LogP contribution in [0, 0.1) is 17.3 Å². The number of carboxylic acids is 1. The third-order valence-electron chi connectivity index (χ3n) is 4.73. The minimum absolute atomic E-state index is 0.00389. The monoisotopic (exact) mass is 265 g/mol. The molecule has 1 amide bonds. The zero-order valence-corrected chi connectivity index (χ0v) is 11.8. The normalized spacial score (nSPS) is 28.9. The van der Waals surface area contributed by atoms with E-state index in [4.69, 9.17) is 0 Å². The fourth-order valence-electron chi connectivity index (χ4n) is 3.51. The van der Waals surface area contributed by atoms with E-state index in [0.717, 1.165) is 25.7 Å². The Bertz CT molecular complexity index is 396. The SMILES string of the molecule is C=CCN(C(=O)C1C(C(=O)O)C1(C)C)C1CCCC1. The highest BCUT2D eigenvalue weighted by Crippen LogP contribution is 2.59. The first-order valence-electron chi connectivity index (χ1n) is 7.05. The third-order valence-corrected chi connectivity index (χ3v) is 4.73. The second kappa shape index (κ2) is 4.99. The maximum atomic E-state index is 12.6. The van der Waals surface area contributed by atoms with Gasteiger partial charge in [0.2, 0.25) is 5.91 Å². The maximum absolute atomic E-state index is 12.6. The lowest BCUT2D eigenvalue weighted by molar-refractivity contribution is -0.142. The van der Waals surface area contributed by atoms with Crippen LogP contribution in [0.4, 0.5) is 0 Å². The average Bonchev–Trinajstić information content (AvgIpc) is 2.73. The predicted octanol–water partition coefficient (Wildman–Crippen LogP) is 2.30. The van der Waals surface area contributed by atoms with E-state index in [1.807, 2.05) is 18.7 Å². The van der Waals surface area contributed by atoms with Crippen molar-refractivity contribution in [3.05, 3.63) is 12.7 Å². The summed E-state index contributed by atoms with van der Waals surface area (Å²) in [6.45, 7) is 7.98. The van der Waals surface area contributed by atoms with Crippen LogP contribution < -0.4 is 0 Å². The summed E-state index contributed by atoms with van der Waals surface area (Å²) in [4.78, 5) is 25.7. The van der Waals surface area contributed by atoms with Gasteiger partial charge in [-0.05, 0) is 18.3 Å². The number of hydrogen-bond donors (Lipinski definition) is 1. The van der Waals surface area contributed by atoms with Gasteiger partial charge in [-0.15, -0.1) is 6.58 Å². The lowest BCUT2D eigenvalue weighted by atomic mass is 10.1. The first-order valence-corrected chi connectivity index (χ1v) is 7.05. The van der Waals surface area contributed by atoms with Crippen LogP contribution in [0.25, 0.3) is 0 Å². The number of aliphatic carboxylic acids is 1. The largest absolute Gasteiger partial charge is 0.481 e. The van der Waals surface area contributed by atoms with Crippen molar-refractivity contribution in [3.63, 3.8) is 0 Å². The van der Waals surface area contributed by atoms with Gasteiger partial charge in [-0.3, -0.25) is 9.59 Å². The molecule has 2 rings (SSSR count). The zero-order valence-electron chi connectivity index (χ0n) is 11.8. The number of amides is 1. The van der Waals surface area contributed by atoms with Crippen molar-refractivity contribution in [2.24, 2.45) is 17.3 Å². The Kier molecular flexibility index (Phi) is 3.70. The van der Waals surface area contributed by atoms with Gasteiger partial charge in [0.1, 0.15) is 0 Å². The molecular weight excluding hydrogens is 242 g/mol. The highest BCUT2D eigenvalue weighted by atomic mass is 16.4. The van der Waals surface area contributed by atoms with Crippen LogP contribution in [-0.4, -0.2) is 34.5 Å². The van der Waals surface area contributed by atoms with E-state index >= 15 is 0 Å². The molecule has 2 aliphatic rings. The number of carboxylic acid groups (broad SMARTS) is 1. The van der Waals surface area contributed by atoms with Crippen LogP contribution in [0.1, 0.15) is 39.5 Å². The van der Waals surface area contributed by atoms with Crippen molar-refractivity contribution in [1.82, 2.24) is 4.90 Å². The maximum Gasteiger partial charge on any atom is 0.307 e. The summed E-state index contributed by atoms with van der Waals surface area (Å²) in [7, 11) is 0. The van der Waals surface area contributed by atoms with E-state index in [9.17, 15) is 14.7 Å². The highest BCUT2D eigenvalue weighted by molar-refractivity contribution is 5.92. The molecule has 0 radical (unpaired) electrons. The van der Waals surface area contributed by atoms with Crippen molar-refractivity contribution in [1.29, 1.82) is 0 Å². The quantitative estimate of drug-likeness (QED) is 0.776. The van der Waals surface area contributed by atoms with Gasteiger partial charge in [0.05, 0.1) is 11.8 Å². The smallest absolute Gasteiger partial charge is 0.307 e.